The molecule has 0 aromatic rings. The molecule has 9 heteroatoms. The Morgan fingerprint density at radius 1 is 0.913 bits per heavy atom. The second kappa shape index (κ2) is 6.14. The van der Waals surface area contributed by atoms with Gasteiger partial charge >= 0.3 is 18.3 Å². The Kier molecular flexibility index (Phi) is 5.88. The molecule has 0 rings (SSSR count). The molecule has 0 aliphatic carbocycles. The van der Waals surface area contributed by atoms with Gasteiger partial charge in [-0.3, -0.25) is 4.79 Å². The van der Waals surface area contributed by atoms with Crippen LogP contribution in [0.25, 0.3) is 0 Å². The van der Waals surface area contributed by atoms with Gasteiger partial charge in [-0.05, 0) is 32.6 Å². The molecule has 0 aromatic heterocycles. The normalized spacial score (nSPS) is 17.1. The first-order valence-corrected chi connectivity index (χ1v) is 6.85. The Balaban J connectivity index is 5.74. The SMILES string of the molecule is CC(C)(C)CC(C)(C(=O)OC(C(F)(F)F)C(F)(F)F)C(C)(C)N. The van der Waals surface area contributed by atoms with E-state index in [0.29, 0.717) is 0 Å². The van der Waals surface area contributed by atoms with Crippen molar-refractivity contribution >= 4 is 5.97 Å². The molecule has 1 atom stereocenters. The molecular weight excluding hydrogens is 328 g/mol. The van der Waals surface area contributed by atoms with Crippen molar-refractivity contribution in [3.63, 3.8) is 0 Å². The molecule has 138 valence electrons. The van der Waals surface area contributed by atoms with E-state index in [2.05, 4.69) is 4.74 Å². The fourth-order valence-corrected chi connectivity index (χ4v) is 2.18. The van der Waals surface area contributed by atoms with Gasteiger partial charge in [-0.1, -0.05) is 20.8 Å². The second-order valence-electron chi connectivity index (χ2n) is 7.66. The number of nitrogens with two attached hydrogens (primary N) is 1. The van der Waals surface area contributed by atoms with Crippen molar-refractivity contribution in [3.05, 3.63) is 0 Å². The van der Waals surface area contributed by atoms with E-state index in [0.717, 1.165) is 0 Å². The van der Waals surface area contributed by atoms with Crippen LogP contribution in [0.15, 0.2) is 0 Å². The summed E-state index contributed by atoms with van der Waals surface area (Å²) in [7, 11) is 0. The summed E-state index contributed by atoms with van der Waals surface area (Å²) in [6, 6.07) is 0. The van der Waals surface area contributed by atoms with Crippen LogP contribution < -0.4 is 5.73 Å². The molecular formula is C14H23F6NO2. The zero-order chi connectivity index (χ0) is 19.1. The van der Waals surface area contributed by atoms with Crippen molar-refractivity contribution in [2.45, 2.75) is 72.0 Å². The van der Waals surface area contributed by atoms with Gasteiger partial charge in [0.05, 0.1) is 5.41 Å². The number of alkyl halides is 6. The van der Waals surface area contributed by atoms with E-state index in [1.165, 1.54) is 20.8 Å². The zero-order valence-electron chi connectivity index (χ0n) is 13.9. The lowest BCUT2D eigenvalue weighted by Gasteiger charge is -2.43. The molecule has 0 aromatic carbocycles. The van der Waals surface area contributed by atoms with Crippen LogP contribution >= 0.6 is 0 Å². The Morgan fingerprint density at radius 2 is 1.26 bits per heavy atom. The number of ether oxygens (including phenoxy) is 1. The first-order chi connectivity index (χ1) is 9.72. The first-order valence-electron chi connectivity index (χ1n) is 6.85. The Hall–Kier alpha value is -0.990. The number of esters is 1. The number of rotatable bonds is 4. The van der Waals surface area contributed by atoms with E-state index in [-0.39, 0.29) is 6.42 Å². The van der Waals surface area contributed by atoms with E-state index in [4.69, 9.17) is 5.73 Å². The molecule has 0 amide bonds. The van der Waals surface area contributed by atoms with Crippen molar-refractivity contribution in [1.82, 2.24) is 0 Å². The summed E-state index contributed by atoms with van der Waals surface area (Å²) in [4.78, 5) is 12.2. The molecule has 0 fully saturated rings. The minimum Gasteiger partial charge on any atom is -0.442 e. The van der Waals surface area contributed by atoms with Gasteiger partial charge in [0.1, 0.15) is 0 Å². The van der Waals surface area contributed by atoms with Crippen molar-refractivity contribution in [2.24, 2.45) is 16.6 Å². The highest BCUT2D eigenvalue weighted by Crippen LogP contribution is 2.44. The average Bonchev–Trinajstić information content (AvgIpc) is 2.17. The smallest absolute Gasteiger partial charge is 0.434 e. The number of hydrogen-bond donors (Lipinski definition) is 1. The Bertz CT molecular complexity index is 417. The van der Waals surface area contributed by atoms with Crippen LogP contribution in [-0.4, -0.2) is 30.0 Å². The molecule has 3 nitrogen and oxygen atoms in total. The average molecular weight is 351 g/mol. The van der Waals surface area contributed by atoms with E-state index in [1.54, 1.807) is 20.8 Å². The van der Waals surface area contributed by atoms with Crippen molar-refractivity contribution in [1.29, 1.82) is 0 Å². The molecule has 0 saturated carbocycles. The topological polar surface area (TPSA) is 52.3 Å². The standard InChI is InChI=1S/C14H23F6NO2/c1-10(2,3)7-12(6,11(4,5)21)9(22)23-8(13(15,16)17)14(18,19)20/h8H,7,21H2,1-6H3. The third-order valence-electron chi connectivity index (χ3n) is 3.58. The van der Waals surface area contributed by atoms with Crippen molar-refractivity contribution in [3.8, 4) is 0 Å². The van der Waals surface area contributed by atoms with Gasteiger partial charge in [0.15, 0.2) is 0 Å². The van der Waals surface area contributed by atoms with E-state index in [1.807, 2.05) is 0 Å². The van der Waals surface area contributed by atoms with Gasteiger partial charge in [-0.25, -0.2) is 0 Å². The largest absolute Gasteiger partial charge is 0.442 e. The summed E-state index contributed by atoms with van der Waals surface area (Å²) >= 11 is 0. The first kappa shape index (κ1) is 22.0. The second-order valence-corrected chi connectivity index (χ2v) is 7.66. The van der Waals surface area contributed by atoms with E-state index >= 15 is 0 Å². The van der Waals surface area contributed by atoms with Crippen LogP contribution in [0.1, 0.15) is 48.0 Å². The number of carbonyl (C=O) groups is 1. The quantitative estimate of drug-likeness (QED) is 0.610. The molecule has 0 saturated heterocycles. The van der Waals surface area contributed by atoms with Crippen LogP contribution in [0.5, 0.6) is 0 Å². The summed E-state index contributed by atoms with van der Waals surface area (Å²) < 4.78 is 79.3. The monoisotopic (exact) mass is 351 g/mol. The van der Waals surface area contributed by atoms with Gasteiger partial charge in [0, 0.05) is 5.54 Å². The maximum atomic E-state index is 12.6. The van der Waals surface area contributed by atoms with Crippen molar-refractivity contribution < 1.29 is 35.9 Å². The number of hydrogen-bond acceptors (Lipinski definition) is 3. The summed E-state index contributed by atoms with van der Waals surface area (Å²) in [5.74, 6) is -1.63. The highest BCUT2D eigenvalue weighted by Gasteiger charge is 2.61. The molecule has 0 radical (unpaired) electrons. The summed E-state index contributed by atoms with van der Waals surface area (Å²) in [6.45, 7) is 9.00. The van der Waals surface area contributed by atoms with Gasteiger partial charge in [0.2, 0.25) is 0 Å². The molecule has 0 bridgehead atoms. The van der Waals surface area contributed by atoms with Gasteiger partial charge in [0.25, 0.3) is 6.10 Å². The minimum atomic E-state index is -5.75. The van der Waals surface area contributed by atoms with Crippen LogP contribution in [0, 0.1) is 10.8 Å². The predicted octanol–water partition coefficient (Wildman–Crippen LogP) is 4.20. The minimum absolute atomic E-state index is 0.0508. The van der Waals surface area contributed by atoms with Gasteiger partial charge in [-0.2, -0.15) is 26.3 Å². The summed E-state index contributed by atoms with van der Waals surface area (Å²) in [6.07, 6.45) is -15.7. The number of halogens is 6. The highest BCUT2D eigenvalue weighted by molar-refractivity contribution is 5.78. The van der Waals surface area contributed by atoms with Gasteiger partial charge in [-0.15, -0.1) is 0 Å². The fourth-order valence-electron chi connectivity index (χ4n) is 2.18. The molecule has 1 unspecified atom stereocenters. The maximum absolute atomic E-state index is 12.6. The lowest BCUT2D eigenvalue weighted by atomic mass is 9.65. The molecule has 0 heterocycles. The molecule has 23 heavy (non-hydrogen) atoms. The Labute approximate surface area is 131 Å². The lowest BCUT2D eigenvalue weighted by Crippen LogP contribution is -2.58. The molecule has 0 spiro atoms. The van der Waals surface area contributed by atoms with Crippen molar-refractivity contribution in [2.75, 3.05) is 0 Å². The lowest BCUT2D eigenvalue weighted by molar-refractivity contribution is -0.316. The molecule has 0 aliphatic rings. The Morgan fingerprint density at radius 3 is 1.48 bits per heavy atom. The highest BCUT2D eigenvalue weighted by atomic mass is 19.4. The summed E-state index contributed by atoms with van der Waals surface area (Å²) in [5.41, 5.74) is 2.15. The maximum Gasteiger partial charge on any atom is 0.434 e. The third-order valence-corrected chi connectivity index (χ3v) is 3.58. The number of carbonyl (C=O) groups excluding carboxylic acids is 1. The summed E-state index contributed by atoms with van der Waals surface area (Å²) in [5, 5.41) is 0. The molecule has 2 N–H and O–H groups in total. The van der Waals surface area contributed by atoms with Crippen LogP contribution in [0.4, 0.5) is 26.3 Å². The fraction of sp³-hybridized carbons (Fsp3) is 0.929. The van der Waals surface area contributed by atoms with Crippen LogP contribution in [0.3, 0.4) is 0 Å². The zero-order valence-corrected chi connectivity index (χ0v) is 13.9. The van der Waals surface area contributed by atoms with Gasteiger partial charge < -0.3 is 10.5 Å². The van der Waals surface area contributed by atoms with Crippen LogP contribution in [0.2, 0.25) is 0 Å². The van der Waals surface area contributed by atoms with Crippen LogP contribution in [-0.2, 0) is 9.53 Å². The molecule has 0 aliphatic heterocycles. The van der Waals surface area contributed by atoms with E-state index < -0.39 is 40.8 Å². The third kappa shape index (κ3) is 5.86. The van der Waals surface area contributed by atoms with E-state index in [9.17, 15) is 31.1 Å². The predicted molar refractivity (Wildman–Crippen MR) is 72.4 cm³/mol.